The first-order valence-corrected chi connectivity index (χ1v) is 11.4. The third kappa shape index (κ3) is 4.65. The summed E-state index contributed by atoms with van der Waals surface area (Å²) in [5.74, 6) is -0.0651. The van der Waals surface area contributed by atoms with Crippen LogP contribution >= 0.6 is 0 Å². The number of aromatic nitrogens is 3. The highest BCUT2D eigenvalue weighted by Gasteiger charge is 2.25. The minimum Gasteiger partial charge on any atom is -0.490 e. The van der Waals surface area contributed by atoms with E-state index >= 15 is 0 Å². The predicted molar refractivity (Wildman–Crippen MR) is 126 cm³/mol. The van der Waals surface area contributed by atoms with E-state index in [9.17, 15) is 4.39 Å². The third-order valence-electron chi connectivity index (χ3n) is 6.30. The molecule has 1 aliphatic heterocycles. The Morgan fingerprint density at radius 1 is 1.12 bits per heavy atom. The van der Waals surface area contributed by atoms with Gasteiger partial charge in [0.25, 0.3) is 0 Å². The fourth-order valence-corrected chi connectivity index (χ4v) is 4.57. The molecule has 6 nitrogen and oxygen atoms in total. The number of benzene rings is 2. The Labute approximate surface area is 193 Å². The van der Waals surface area contributed by atoms with Gasteiger partial charge in [0.15, 0.2) is 11.6 Å². The van der Waals surface area contributed by atoms with Gasteiger partial charge in [-0.2, -0.15) is 5.10 Å². The second-order valence-electron chi connectivity index (χ2n) is 8.59. The van der Waals surface area contributed by atoms with Crippen molar-refractivity contribution in [1.82, 2.24) is 19.2 Å². The highest BCUT2D eigenvalue weighted by molar-refractivity contribution is 5.83. The average molecular weight is 449 g/mol. The van der Waals surface area contributed by atoms with Crippen LogP contribution in [-0.4, -0.2) is 45.6 Å². The topological polar surface area (TPSA) is 44.5 Å². The zero-order valence-electron chi connectivity index (χ0n) is 19.1. The Bertz CT molecular complexity index is 1250. The maximum absolute atomic E-state index is 13.8. The largest absolute Gasteiger partial charge is 0.490 e. The predicted octanol–water partition coefficient (Wildman–Crippen LogP) is 4.25. The molecule has 1 atom stereocenters. The molecular weight excluding hydrogens is 419 g/mol. The molecule has 1 saturated heterocycles. The van der Waals surface area contributed by atoms with E-state index in [1.54, 1.807) is 18.2 Å². The van der Waals surface area contributed by atoms with Gasteiger partial charge in [0, 0.05) is 62.9 Å². The molecule has 0 radical (unpaired) electrons. The number of halogens is 1. The lowest BCUT2D eigenvalue weighted by Gasteiger charge is -2.32. The fourth-order valence-electron chi connectivity index (χ4n) is 4.57. The molecule has 172 valence electrons. The van der Waals surface area contributed by atoms with Crippen molar-refractivity contribution >= 4 is 10.9 Å². The minimum atomic E-state index is -0.343. The Hall–Kier alpha value is -3.16. The molecule has 33 heavy (non-hydrogen) atoms. The van der Waals surface area contributed by atoms with Crippen LogP contribution in [0.2, 0.25) is 0 Å². The van der Waals surface area contributed by atoms with Gasteiger partial charge in [-0.15, -0.1) is 0 Å². The summed E-state index contributed by atoms with van der Waals surface area (Å²) in [5, 5.41) is 6.01. The summed E-state index contributed by atoms with van der Waals surface area (Å²) in [6, 6.07) is 17.1. The van der Waals surface area contributed by atoms with E-state index in [0.717, 1.165) is 31.0 Å². The van der Waals surface area contributed by atoms with E-state index in [0.29, 0.717) is 19.6 Å². The van der Waals surface area contributed by atoms with Gasteiger partial charge in [-0.25, -0.2) is 4.39 Å². The summed E-state index contributed by atoms with van der Waals surface area (Å²) >= 11 is 0. The van der Waals surface area contributed by atoms with Crippen molar-refractivity contribution < 1.29 is 13.9 Å². The van der Waals surface area contributed by atoms with Crippen molar-refractivity contribution in [2.45, 2.75) is 19.1 Å². The normalized spacial score (nSPS) is 17.0. The second-order valence-corrected chi connectivity index (χ2v) is 8.59. The summed E-state index contributed by atoms with van der Waals surface area (Å²) in [4.78, 5) is 2.44. The quantitative estimate of drug-likeness (QED) is 0.424. The molecule has 0 N–H and O–H groups in total. The third-order valence-corrected chi connectivity index (χ3v) is 6.30. The first kappa shape index (κ1) is 21.7. The van der Waals surface area contributed by atoms with Gasteiger partial charge in [0.05, 0.1) is 18.9 Å². The number of para-hydroxylation sites is 2. The van der Waals surface area contributed by atoms with Crippen LogP contribution in [0.1, 0.15) is 23.1 Å². The van der Waals surface area contributed by atoms with E-state index < -0.39 is 0 Å². The SMILES string of the molecule is Cn1nc(C2CN(Cc3cn(C)c4ccccc34)CCO2)cc1CCOc1ccccc1F. The molecule has 4 aromatic rings. The Morgan fingerprint density at radius 3 is 2.82 bits per heavy atom. The zero-order valence-corrected chi connectivity index (χ0v) is 19.1. The van der Waals surface area contributed by atoms with Crippen molar-refractivity contribution in [3.05, 3.63) is 83.6 Å². The molecule has 2 aromatic heterocycles. The standard InChI is InChI=1S/C26H29FN4O2/c1-29-16-19(21-7-3-5-9-24(21)29)17-31-12-14-33-26(18-31)23-15-20(30(2)28-23)11-13-32-25-10-6-4-8-22(25)27/h3-10,15-16,26H,11-14,17-18H2,1-2H3. The lowest BCUT2D eigenvalue weighted by Crippen LogP contribution is -2.38. The lowest BCUT2D eigenvalue weighted by molar-refractivity contribution is -0.0351. The number of hydrogen-bond acceptors (Lipinski definition) is 4. The Kier molecular flexibility index (Phi) is 6.15. The molecule has 5 rings (SSSR count). The van der Waals surface area contributed by atoms with Gasteiger partial charge in [0.1, 0.15) is 6.10 Å². The first-order chi connectivity index (χ1) is 16.1. The molecule has 0 saturated carbocycles. The number of rotatable bonds is 7. The number of morpholine rings is 1. The summed E-state index contributed by atoms with van der Waals surface area (Å²) in [6.45, 7) is 3.65. The highest BCUT2D eigenvalue weighted by atomic mass is 19.1. The Morgan fingerprint density at radius 2 is 1.94 bits per heavy atom. The molecule has 0 spiro atoms. The molecule has 1 fully saturated rings. The number of hydrogen-bond donors (Lipinski definition) is 0. The number of aryl methyl sites for hydroxylation is 2. The number of ether oxygens (including phenoxy) is 2. The van der Waals surface area contributed by atoms with Crippen molar-refractivity contribution in [2.75, 3.05) is 26.3 Å². The second kappa shape index (κ2) is 9.37. The van der Waals surface area contributed by atoms with E-state index in [-0.39, 0.29) is 17.7 Å². The molecule has 1 unspecified atom stereocenters. The van der Waals surface area contributed by atoms with Crippen LogP contribution in [0.4, 0.5) is 4.39 Å². The van der Waals surface area contributed by atoms with Gasteiger partial charge in [0.2, 0.25) is 0 Å². The smallest absolute Gasteiger partial charge is 0.165 e. The highest BCUT2D eigenvalue weighted by Crippen LogP contribution is 2.26. The van der Waals surface area contributed by atoms with E-state index in [4.69, 9.17) is 14.6 Å². The van der Waals surface area contributed by atoms with Crippen LogP contribution in [-0.2, 0) is 31.8 Å². The van der Waals surface area contributed by atoms with Crippen molar-refractivity contribution in [1.29, 1.82) is 0 Å². The van der Waals surface area contributed by atoms with Crippen LogP contribution in [0.25, 0.3) is 10.9 Å². The van der Waals surface area contributed by atoms with Crippen molar-refractivity contribution in [3.63, 3.8) is 0 Å². The molecule has 0 amide bonds. The lowest BCUT2D eigenvalue weighted by atomic mass is 10.1. The number of fused-ring (bicyclic) bond motifs is 1. The first-order valence-electron chi connectivity index (χ1n) is 11.4. The fraction of sp³-hybridized carbons (Fsp3) is 0.346. The molecular formula is C26H29FN4O2. The van der Waals surface area contributed by atoms with Crippen LogP contribution in [0, 0.1) is 5.82 Å². The average Bonchev–Trinajstić information content (AvgIpc) is 3.35. The molecule has 7 heteroatoms. The van der Waals surface area contributed by atoms with Gasteiger partial charge >= 0.3 is 0 Å². The van der Waals surface area contributed by atoms with Gasteiger partial charge in [-0.05, 0) is 29.8 Å². The monoisotopic (exact) mass is 448 g/mol. The van der Waals surface area contributed by atoms with Crippen LogP contribution < -0.4 is 4.74 Å². The van der Waals surface area contributed by atoms with Gasteiger partial charge in [-0.1, -0.05) is 30.3 Å². The van der Waals surface area contributed by atoms with Crippen LogP contribution in [0.15, 0.2) is 60.8 Å². The summed E-state index contributed by atoms with van der Waals surface area (Å²) in [6.07, 6.45) is 2.80. The van der Waals surface area contributed by atoms with Crippen LogP contribution in [0.5, 0.6) is 5.75 Å². The molecule has 0 bridgehead atoms. The van der Waals surface area contributed by atoms with Gasteiger partial charge < -0.3 is 14.0 Å². The van der Waals surface area contributed by atoms with Crippen LogP contribution in [0.3, 0.4) is 0 Å². The summed E-state index contributed by atoms with van der Waals surface area (Å²) in [5.41, 5.74) is 4.56. The summed E-state index contributed by atoms with van der Waals surface area (Å²) < 4.78 is 29.5. The van der Waals surface area contributed by atoms with E-state index in [1.807, 2.05) is 11.7 Å². The molecule has 3 heterocycles. The minimum absolute atomic E-state index is 0.0684. The molecule has 0 aliphatic carbocycles. The maximum Gasteiger partial charge on any atom is 0.165 e. The Balaban J connectivity index is 1.23. The van der Waals surface area contributed by atoms with E-state index in [1.165, 1.54) is 22.5 Å². The maximum atomic E-state index is 13.8. The molecule has 2 aromatic carbocycles. The summed E-state index contributed by atoms with van der Waals surface area (Å²) in [7, 11) is 4.03. The van der Waals surface area contributed by atoms with Gasteiger partial charge in [-0.3, -0.25) is 9.58 Å². The van der Waals surface area contributed by atoms with E-state index in [2.05, 4.69) is 53.0 Å². The zero-order chi connectivity index (χ0) is 22.8. The van der Waals surface area contributed by atoms with Crippen molar-refractivity contribution in [2.24, 2.45) is 14.1 Å². The molecule has 1 aliphatic rings. The van der Waals surface area contributed by atoms with Crippen molar-refractivity contribution in [3.8, 4) is 5.75 Å². The number of nitrogens with zero attached hydrogens (tertiary/aromatic N) is 4.